The van der Waals surface area contributed by atoms with Gasteiger partial charge >= 0.3 is 0 Å². The van der Waals surface area contributed by atoms with Crippen molar-refractivity contribution in [3.63, 3.8) is 0 Å². The lowest BCUT2D eigenvalue weighted by Crippen LogP contribution is -2.39. The molecule has 0 amide bonds. The predicted octanol–water partition coefficient (Wildman–Crippen LogP) is 2.63. The summed E-state index contributed by atoms with van der Waals surface area (Å²) in [4.78, 5) is 0. The standard InChI is InChI=1S/C13H18FNO/c1-13(14,12-8-5-9-15-12)10-6-3-4-7-11(10)16-2/h3-4,6-7,12,15H,5,8-9H2,1-2H3. The molecule has 2 atom stereocenters. The van der Waals surface area contributed by atoms with Gasteiger partial charge in [0, 0.05) is 11.6 Å². The highest BCUT2D eigenvalue weighted by Crippen LogP contribution is 2.38. The van der Waals surface area contributed by atoms with Crippen molar-refractivity contribution in [2.24, 2.45) is 0 Å². The second-order valence-corrected chi connectivity index (χ2v) is 4.42. The number of alkyl halides is 1. The molecular formula is C13H18FNO. The van der Waals surface area contributed by atoms with Gasteiger partial charge in [-0.3, -0.25) is 0 Å². The summed E-state index contributed by atoms with van der Waals surface area (Å²) < 4.78 is 20.1. The van der Waals surface area contributed by atoms with Crippen LogP contribution in [0.4, 0.5) is 4.39 Å². The van der Waals surface area contributed by atoms with Gasteiger partial charge in [0.05, 0.1) is 7.11 Å². The number of nitrogens with one attached hydrogen (secondary N) is 1. The lowest BCUT2D eigenvalue weighted by molar-refractivity contribution is 0.132. The first-order chi connectivity index (χ1) is 7.66. The van der Waals surface area contributed by atoms with Crippen LogP contribution in [0.1, 0.15) is 25.3 Å². The van der Waals surface area contributed by atoms with Crippen molar-refractivity contribution in [1.29, 1.82) is 0 Å². The van der Waals surface area contributed by atoms with Gasteiger partial charge in [-0.15, -0.1) is 0 Å². The summed E-state index contributed by atoms with van der Waals surface area (Å²) in [5.74, 6) is 0.626. The van der Waals surface area contributed by atoms with Gasteiger partial charge < -0.3 is 10.1 Å². The molecule has 1 aromatic carbocycles. The Morgan fingerprint density at radius 3 is 2.81 bits per heavy atom. The first-order valence-electron chi connectivity index (χ1n) is 5.72. The molecule has 0 aliphatic carbocycles. The van der Waals surface area contributed by atoms with Crippen LogP contribution in [0.5, 0.6) is 5.75 Å². The van der Waals surface area contributed by atoms with E-state index in [0.29, 0.717) is 11.3 Å². The number of hydrogen-bond acceptors (Lipinski definition) is 2. The Balaban J connectivity index is 2.33. The van der Waals surface area contributed by atoms with Crippen molar-refractivity contribution in [3.8, 4) is 5.75 Å². The molecule has 0 radical (unpaired) electrons. The molecule has 1 aliphatic heterocycles. The van der Waals surface area contributed by atoms with Crippen molar-refractivity contribution in [3.05, 3.63) is 29.8 Å². The van der Waals surface area contributed by atoms with Gasteiger partial charge in [0.2, 0.25) is 0 Å². The summed E-state index contributed by atoms with van der Waals surface area (Å²) in [6, 6.07) is 7.22. The van der Waals surface area contributed by atoms with E-state index in [4.69, 9.17) is 4.74 Å². The summed E-state index contributed by atoms with van der Waals surface area (Å²) in [6.07, 6.45) is 1.92. The predicted molar refractivity (Wildman–Crippen MR) is 62.5 cm³/mol. The monoisotopic (exact) mass is 223 g/mol. The van der Waals surface area contributed by atoms with Crippen LogP contribution in [0.2, 0.25) is 0 Å². The second kappa shape index (κ2) is 4.42. The second-order valence-electron chi connectivity index (χ2n) is 4.42. The molecule has 0 bridgehead atoms. The highest BCUT2D eigenvalue weighted by Gasteiger charge is 2.39. The summed E-state index contributed by atoms with van der Waals surface area (Å²) in [7, 11) is 1.58. The van der Waals surface area contributed by atoms with Gasteiger partial charge in [0.1, 0.15) is 5.75 Å². The van der Waals surface area contributed by atoms with Crippen molar-refractivity contribution < 1.29 is 9.13 Å². The van der Waals surface area contributed by atoms with E-state index in [2.05, 4.69) is 5.32 Å². The zero-order chi connectivity index (χ0) is 11.6. The minimum absolute atomic E-state index is 0.108. The minimum atomic E-state index is -1.37. The zero-order valence-electron chi connectivity index (χ0n) is 9.79. The Kier molecular flexibility index (Phi) is 3.15. The molecule has 2 unspecified atom stereocenters. The number of methoxy groups -OCH3 is 1. The number of para-hydroxylation sites is 1. The van der Waals surface area contributed by atoms with Crippen molar-refractivity contribution in [2.45, 2.75) is 31.5 Å². The average molecular weight is 223 g/mol. The van der Waals surface area contributed by atoms with Gasteiger partial charge in [-0.2, -0.15) is 0 Å². The van der Waals surface area contributed by atoms with E-state index in [1.807, 2.05) is 18.2 Å². The lowest BCUT2D eigenvalue weighted by Gasteiger charge is -2.29. The number of benzene rings is 1. The normalized spacial score (nSPS) is 24.1. The molecule has 88 valence electrons. The SMILES string of the molecule is COc1ccccc1C(C)(F)C1CCCN1. The Hall–Kier alpha value is -1.09. The van der Waals surface area contributed by atoms with Crippen LogP contribution in [-0.4, -0.2) is 19.7 Å². The van der Waals surface area contributed by atoms with Crippen LogP contribution in [0, 0.1) is 0 Å². The van der Waals surface area contributed by atoms with Crippen LogP contribution in [-0.2, 0) is 5.67 Å². The van der Waals surface area contributed by atoms with Crippen molar-refractivity contribution in [2.75, 3.05) is 13.7 Å². The summed E-state index contributed by atoms with van der Waals surface area (Å²) in [5, 5.41) is 3.22. The quantitative estimate of drug-likeness (QED) is 0.850. The maximum absolute atomic E-state index is 14.8. The van der Waals surface area contributed by atoms with Gasteiger partial charge in [0.15, 0.2) is 5.67 Å². The van der Waals surface area contributed by atoms with Gasteiger partial charge in [-0.05, 0) is 32.4 Å². The van der Waals surface area contributed by atoms with Crippen LogP contribution >= 0.6 is 0 Å². The molecule has 1 aromatic rings. The summed E-state index contributed by atoms with van der Waals surface area (Å²) in [5.41, 5.74) is -0.736. The smallest absolute Gasteiger partial charge is 0.151 e. The van der Waals surface area contributed by atoms with Crippen LogP contribution in [0.3, 0.4) is 0 Å². The fourth-order valence-electron chi connectivity index (χ4n) is 2.38. The van der Waals surface area contributed by atoms with Crippen LogP contribution < -0.4 is 10.1 Å². The topological polar surface area (TPSA) is 21.3 Å². The van der Waals surface area contributed by atoms with E-state index in [-0.39, 0.29) is 6.04 Å². The van der Waals surface area contributed by atoms with E-state index in [9.17, 15) is 4.39 Å². The Labute approximate surface area is 95.8 Å². The number of halogens is 1. The Bertz CT molecular complexity index is 359. The van der Waals surface area contributed by atoms with E-state index < -0.39 is 5.67 Å². The average Bonchev–Trinajstić information content (AvgIpc) is 2.83. The molecule has 16 heavy (non-hydrogen) atoms. The van der Waals surface area contributed by atoms with E-state index in [1.54, 1.807) is 20.1 Å². The summed E-state index contributed by atoms with van der Waals surface area (Å²) in [6.45, 7) is 2.53. The van der Waals surface area contributed by atoms with E-state index in [0.717, 1.165) is 19.4 Å². The molecule has 0 aromatic heterocycles. The number of hydrogen-bond donors (Lipinski definition) is 1. The molecule has 1 heterocycles. The number of ether oxygens (including phenoxy) is 1. The Morgan fingerprint density at radius 1 is 1.44 bits per heavy atom. The lowest BCUT2D eigenvalue weighted by atomic mass is 9.88. The van der Waals surface area contributed by atoms with Crippen molar-refractivity contribution in [1.82, 2.24) is 5.32 Å². The maximum atomic E-state index is 14.8. The third-order valence-corrected chi connectivity index (χ3v) is 3.35. The first-order valence-corrected chi connectivity index (χ1v) is 5.72. The van der Waals surface area contributed by atoms with E-state index >= 15 is 0 Å². The fourth-order valence-corrected chi connectivity index (χ4v) is 2.38. The molecule has 1 N–H and O–H groups in total. The molecule has 1 saturated heterocycles. The largest absolute Gasteiger partial charge is 0.496 e. The molecular weight excluding hydrogens is 205 g/mol. The van der Waals surface area contributed by atoms with Crippen molar-refractivity contribution >= 4 is 0 Å². The highest BCUT2D eigenvalue weighted by atomic mass is 19.1. The molecule has 2 nitrogen and oxygen atoms in total. The molecule has 1 aliphatic rings. The fraction of sp³-hybridized carbons (Fsp3) is 0.538. The highest BCUT2D eigenvalue weighted by molar-refractivity contribution is 5.38. The van der Waals surface area contributed by atoms with Crippen LogP contribution in [0.15, 0.2) is 24.3 Å². The third-order valence-electron chi connectivity index (χ3n) is 3.35. The molecule has 1 fully saturated rings. The Morgan fingerprint density at radius 2 is 2.19 bits per heavy atom. The van der Waals surface area contributed by atoms with Gasteiger partial charge in [-0.1, -0.05) is 18.2 Å². The molecule has 2 rings (SSSR count). The van der Waals surface area contributed by atoms with E-state index in [1.165, 1.54) is 0 Å². The summed E-state index contributed by atoms with van der Waals surface area (Å²) >= 11 is 0. The first kappa shape index (κ1) is 11.4. The molecule has 3 heteroatoms. The maximum Gasteiger partial charge on any atom is 0.151 e. The van der Waals surface area contributed by atoms with Crippen LogP contribution in [0.25, 0.3) is 0 Å². The molecule has 0 spiro atoms. The van der Waals surface area contributed by atoms with Gasteiger partial charge in [-0.25, -0.2) is 4.39 Å². The third kappa shape index (κ3) is 1.92. The molecule has 0 saturated carbocycles. The zero-order valence-corrected chi connectivity index (χ0v) is 9.79. The number of rotatable bonds is 3. The van der Waals surface area contributed by atoms with Gasteiger partial charge in [0.25, 0.3) is 0 Å². The minimum Gasteiger partial charge on any atom is -0.496 e.